The molecule has 0 spiro atoms. The highest BCUT2D eigenvalue weighted by Crippen LogP contribution is 2.17. The van der Waals surface area contributed by atoms with Gasteiger partial charge in [-0.3, -0.25) is 4.79 Å². The summed E-state index contributed by atoms with van der Waals surface area (Å²) in [4.78, 5) is 28.7. The van der Waals surface area contributed by atoms with Crippen LogP contribution in [0.4, 0.5) is 4.79 Å². The second-order valence-electron chi connectivity index (χ2n) is 8.04. The molecule has 1 fully saturated rings. The van der Waals surface area contributed by atoms with Crippen molar-refractivity contribution < 1.29 is 24.2 Å². The number of aliphatic hydroxyl groups excluding tert-OH is 1. The van der Waals surface area contributed by atoms with Crippen LogP contribution in [0.5, 0.6) is 0 Å². The maximum Gasteiger partial charge on any atom is 0.410 e. The third-order valence-electron chi connectivity index (χ3n) is 5.68. The average Bonchev–Trinajstić information content (AvgIpc) is 2.97. The van der Waals surface area contributed by atoms with E-state index >= 15 is 0 Å². The summed E-state index contributed by atoms with van der Waals surface area (Å²) in [5, 5.41) is 9.92. The number of nitrogens with zero attached hydrogens (tertiary/aromatic N) is 2. The number of carbonyl (C=O) groups is 2. The lowest BCUT2D eigenvalue weighted by molar-refractivity contribution is -0.134. The molecule has 1 saturated heterocycles. The van der Waals surface area contributed by atoms with Gasteiger partial charge in [0.15, 0.2) is 0 Å². The van der Waals surface area contributed by atoms with Crippen LogP contribution in [0.15, 0.2) is 60.7 Å². The molecule has 2 amide bonds. The van der Waals surface area contributed by atoms with Gasteiger partial charge in [0.25, 0.3) is 0 Å². The van der Waals surface area contributed by atoms with E-state index in [1.807, 2.05) is 67.6 Å². The number of hydrogen-bond donors (Lipinski definition) is 1. The van der Waals surface area contributed by atoms with Crippen LogP contribution < -0.4 is 0 Å². The maximum absolute atomic E-state index is 12.8. The molecule has 0 aliphatic carbocycles. The first kappa shape index (κ1) is 23.8. The molecule has 2 aromatic rings. The van der Waals surface area contributed by atoms with Crippen molar-refractivity contribution in [1.82, 2.24) is 9.80 Å². The van der Waals surface area contributed by atoms with Crippen molar-refractivity contribution in [2.75, 3.05) is 26.3 Å². The Hall–Kier alpha value is -2.90. The largest absolute Gasteiger partial charge is 0.445 e. The van der Waals surface area contributed by atoms with Gasteiger partial charge in [0, 0.05) is 32.2 Å². The second kappa shape index (κ2) is 12.2. The first-order chi connectivity index (χ1) is 15.6. The van der Waals surface area contributed by atoms with Gasteiger partial charge in [-0.1, -0.05) is 60.7 Å². The predicted molar refractivity (Wildman–Crippen MR) is 121 cm³/mol. The van der Waals surface area contributed by atoms with Crippen molar-refractivity contribution in [2.45, 2.75) is 45.1 Å². The molecule has 1 heterocycles. The SMILES string of the molecule is C[C@@H]1CN([C@H](CO)CCOCc2ccccc2)C(=O)CCN1C(=O)OCc1ccccc1. The Bertz CT molecular complexity index is 846. The van der Waals surface area contributed by atoms with Crippen molar-refractivity contribution in [3.05, 3.63) is 71.8 Å². The molecule has 0 saturated carbocycles. The lowest BCUT2D eigenvalue weighted by atomic mass is 10.1. The fraction of sp³-hybridized carbons (Fsp3) is 0.440. The standard InChI is InChI=1S/C25H32N2O5/c1-20-16-27(23(17-28)13-15-31-18-21-8-4-2-5-9-21)24(29)12-14-26(20)25(30)32-19-22-10-6-3-7-11-22/h2-11,20,23,28H,12-19H2,1H3/t20-,23+/m1/s1. The van der Waals surface area contributed by atoms with Crippen LogP contribution >= 0.6 is 0 Å². The van der Waals surface area contributed by atoms with Crippen molar-refractivity contribution in [1.29, 1.82) is 0 Å². The Morgan fingerprint density at radius 1 is 1.06 bits per heavy atom. The van der Waals surface area contributed by atoms with E-state index in [0.29, 0.717) is 32.7 Å². The Kier molecular flexibility index (Phi) is 9.07. The summed E-state index contributed by atoms with van der Waals surface area (Å²) in [6.45, 7) is 3.52. The van der Waals surface area contributed by atoms with E-state index in [1.165, 1.54) is 0 Å². The molecule has 7 heteroatoms. The summed E-state index contributed by atoms with van der Waals surface area (Å²) in [5.41, 5.74) is 1.99. The Morgan fingerprint density at radius 3 is 2.31 bits per heavy atom. The predicted octanol–water partition coefficient (Wildman–Crippen LogP) is 3.21. The highest BCUT2D eigenvalue weighted by molar-refractivity contribution is 5.78. The number of rotatable bonds is 9. The highest BCUT2D eigenvalue weighted by Gasteiger charge is 2.33. The summed E-state index contributed by atoms with van der Waals surface area (Å²) in [5.74, 6) is -0.0719. The van der Waals surface area contributed by atoms with Crippen LogP contribution in [-0.2, 0) is 27.5 Å². The van der Waals surface area contributed by atoms with E-state index in [9.17, 15) is 14.7 Å². The fourth-order valence-corrected chi connectivity index (χ4v) is 3.82. The van der Waals surface area contributed by atoms with Crippen molar-refractivity contribution in [3.8, 4) is 0 Å². The molecule has 1 N–H and O–H groups in total. The summed E-state index contributed by atoms with van der Waals surface area (Å²) in [6.07, 6.45) is 0.301. The zero-order valence-corrected chi connectivity index (χ0v) is 18.6. The van der Waals surface area contributed by atoms with Gasteiger partial charge in [-0.05, 0) is 24.5 Å². The van der Waals surface area contributed by atoms with E-state index in [-0.39, 0.29) is 37.6 Å². The lowest BCUT2D eigenvalue weighted by Gasteiger charge is -2.32. The third-order valence-corrected chi connectivity index (χ3v) is 5.68. The smallest absolute Gasteiger partial charge is 0.410 e. The first-order valence-corrected chi connectivity index (χ1v) is 11.1. The first-order valence-electron chi connectivity index (χ1n) is 11.1. The number of aliphatic hydroxyl groups is 1. The molecular formula is C25H32N2O5. The summed E-state index contributed by atoms with van der Waals surface area (Å²) < 4.78 is 11.2. The highest BCUT2D eigenvalue weighted by atomic mass is 16.6. The van der Waals surface area contributed by atoms with Crippen molar-refractivity contribution in [2.24, 2.45) is 0 Å². The van der Waals surface area contributed by atoms with Crippen LogP contribution in [0, 0.1) is 0 Å². The molecule has 1 aliphatic rings. The molecule has 1 aliphatic heterocycles. The summed E-state index contributed by atoms with van der Waals surface area (Å²) >= 11 is 0. The minimum absolute atomic E-state index is 0.0719. The average molecular weight is 441 g/mol. The van der Waals surface area contributed by atoms with Crippen LogP contribution in [0.1, 0.15) is 30.9 Å². The monoisotopic (exact) mass is 440 g/mol. The van der Waals surface area contributed by atoms with Gasteiger partial charge in [0.05, 0.1) is 19.3 Å². The van der Waals surface area contributed by atoms with Gasteiger partial charge >= 0.3 is 6.09 Å². The molecule has 0 radical (unpaired) electrons. The zero-order valence-electron chi connectivity index (χ0n) is 18.6. The van der Waals surface area contributed by atoms with Crippen LogP contribution in [0.2, 0.25) is 0 Å². The van der Waals surface area contributed by atoms with Gasteiger partial charge in [-0.25, -0.2) is 4.79 Å². The van der Waals surface area contributed by atoms with E-state index in [1.54, 1.807) is 9.80 Å². The normalized spacial score (nSPS) is 17.7. The molecule has 2 atom stereocenters. The minimum Gasteiger partial charge on any atom is -0.445 e. The van der Waals surface area contributed by atoms with Crippen LogP contribution in [0.3, 0.4) is 0 Å². The molecular weight excluding hydrogens is 408 g/mol. The Labute approximate surface area is 189 Å². The Balaban J connectivity index is 1.50. The summed E-state index contributed by atoms with van der Waals surface area (Å²) in [6, 6.07) is 18.8. The van der Waals surface area contributed by atoms with Gasteiger partial charge < -0.3 is 24.4 Å². The van der Waals surface area contributed by atoms with E-state index in [4.69, 9.17) is 9.47 Å². The van der Waals surface area contributed by atoms with E-state index < -0.39 is 6.09 Å². The molecule has 0 unspecified atom stereocenters. The number of amides is 2. The molecule has 172 valence electrons. The number of hydrogen-bond acceptors (Lipinski definition) is 5. The van der Waals surface area contributed by atoms with Gasteiger partial charge in [-0.2, -0.15) is 0 Å². The van der Waals surface area contributed by atoms with Gasteiger partial charge in [0.1, 0.15) is 6.61 Å². The molecule has 32 heavy (non-hydrogen) atoms. The molecule has 3 rings (SSSR count). The van der Waals surface area contributed by atoms with Crippen molar-refractivity contribution >= 4 is 12.0 Å². The van der Waals surface area contributed by atoms with Crippen molar-refractivity contribution in [3.63, 3.8) is 0 Å². The fourth-order valence-electron chi connectivity index (χ4n) is 3.82. The molecule has 0 bridgehead atoms. The molecule has 0 aromatic heterocycles. The summed E-state index contributed by atoms with van der Waals surface area (Å²) in [7, 11) is 0. The molecule has 7 nitrogen and oxygen atoms in total. The minimum atomic E-state index is -0.428. The third kappa shape index (κ3) is 6.80. The van der Waals surface area contributed by atoms with Gasteiger partial charge in [-0.15, -0.1) is 0 Å². The van der Waals surface area contributed by atoms with Crippen LogP contribution in [0.25, 0.3) is 0 Å². The van der Waals surface area contributed by atoms with E-state index in [2.05, 4.69) is 0 Å². The number of ether oxygens (including phenoxy) is 2. The topological polar surface area (TPSA) is 79.3 Å². The van der Waals surface area contributed by atoms with Crippen LogP contribution in [-0.4, -0.2) is 65.3 Å². The molecule has 2 aromatic carbocycles. The second-order valence-corrected chi connectivity index (χ2v) is 8.04. The Morgan fingerprint density at radius 2 is 1.69 bits per heavy atom. The zero-order chi connectivity index (χ0) is 22.8. The lowest BCUT2D eigenvalue weighted by Crippen LogP contribution is -2.48. The van der Waals surface area contributed by atoms with Gasteiger partial charge in [0.2, 0.25) is 5.91 Å². The van der Waals surface area contributed by atoms with E-state index in [0.717, 1.165) is 11.1 Å². The maximum atomic E-state index is 12.8. The quantitative estimate of drug-likeness (QED) is 0.606. The number of carbonyl (C=O) groups excluding carboxylic acids is 2. The number of benzene rings is 2.